The molecule has 0 saturated carbocycles. The molecule has 0 atom stereocenters. The first kappa shape index (κ1) is 14.0. The fraction of sp³-hybridized carbons (Fsp3) is 0.400. The summed E-state index contributed by atoms with van der Waals surface area (Å²) in [4.78, 5) is 8.15. The lowest BCUT2D eigenvalue weighted by Gasteiger charge is -2.08. The average Bonchev–Trinajstić information content (AvgIpc) is 2.77. The molecule has 0 radical (unpaired) electrons. The molecule has 102 valence electrons. The van der Waals surface area contributed by atoms with Gasteiger partial charge in [0.15, 0.2) is 5.13 Å². The highest BCUT2D eigenvalue weighted by Crippen LogP contribution is 2.29. The normalized spacial score (nSPS) is 10.9. The molecular weight excluding hydrogens is 254 g/mol. The first-order chi connectivity index (χ1) is 9.16. The number of aromatic nitrogens is 1. The smallest absolute Gasteiger partial charge is 0.183 e. The standard InChI is InChI=1S/C15H21N3S/c1-12-14(13-8-5-4-6-9-13)17-15(19-12)16-10-7-11-18(2)3/h4-6,8-9H,7,10-11H2,1-3H3,(H,16,17). The zero-order valence-corrected chi connectivity index (χ0v) is 12.6. The van der Waals surface area contributed by atoms with E-state index in [-0.39, 0.29) is 0 Å². The van der Waals surface area contributed by atoms with Crippen LogP contribution < -0.4 is 5.32 Å². The Kier molecular flexibility index (Phi) is 4.93. The van der Waals surface area contributed by atoms with Crippen LogP contribution in [0.4, 0.5) is 5.13 Å². The van der Waals surface area contributed by atoms with Crippen LogP contribution in [0.5, 0.6) is 0 Å². The third-order valence-corrected chi connectivity index (χ3v) is 3.83. The van der Waals surface area contributed by atoms with Gasteiger partial charge in [-0.05, 0) is 34.0 Å². The third kappa shape index (κ3) is 4.04. The number of rotatable bonds is 6. The molecule has 3 nitrogen and oxygen atoms in total. The van der Waals surface area contributed by atoms with Gasteiger partial charge in [0.1, 0.15) is 0 Å². The van der Waals surface area contributed by atoms with E-state index >= 15 is 0 Å². The molecule has 0 saturated heterocycles. The Morgan fingerprint density at radius 1 is 1.21 bits per heavy atom. The second-order valence-electron chi connectivity index (χ2n) is 4.87. The van der Waals surface area contributed by atoms with Crippen LogP contribution in [0.3, 0.4) is 0 Å². The van der Waals surface area contributed by atoms with E-state index in [9.17, 15) is 0 Å². The highest BCUT2D eigenvalue weighted by atomic mass is 32.1. The largest absolute Gasteiger partial charge is 0.361 e. The minimum atomic E-state index is 0.972. The zero-order valence-electron chi connectivity index (χ0n) is 11.8. The molecule has 1 aromatic carbocycles. The molecule has 2 rings (SSSR count). The van der Waals surface area contributed by atoms with E-state index in [1.165, 1.54) is 10.4 Å². The lowest BCUT2D eigenvalue weighted by atomic mass is 10.1. The highest BCUT2D eigenvalue weighted by Gasteiger charge is 2.08. The minimum absolute atomic E-state index is 0.972. The summed E-state index contributed by atoms with van der Waals surface area (Å²) in [6, 6.07) is 10.4. The van der Waals surface area contributed by atoms with Gasteiger partial charge in [-0.2, -0.15) is 0 Å². The van der Waals surface area contributed by atoms with Gasteiger partial charge in [0.25, 0.3) is 0 Å². The predicted octanol–water partition coefficient (Wildman–Crippen LogP) is 3.48. The molecule has 4 heteroatoms. The molecule has 0 aliphatic rings. The van der Waals surface area contributed by atoms with Gasteiger partial charge in [-0.3, -0.25) is 0 Å². The van der Waals surface area contributed by atoms with Gasteiger partial charge in [-0.15, -0.1) is 11.3 Å². The number of nitrogens with one attached hydrogen (secondary N) is 1. The van der Waals surface area contributed by atoms with Crippen molar-refractivity contribution in [2.75, 3.05) is 32.5 Å². The van der Waals surface area contributed by atoms with Gasteiger partial charge in [0.05, 0.1) is 5.69 Å². The molecule has 1 heterocycles. The number of hydrogen-bond donors (Lipinski definition) is 1. The number of hydrogen-bond acceptors (Lipinski definition) is 4. The second-order valence-corrected chi connectivity index (χ2v) is 6.08. The lowest BCUT2D eigenvalue weighted by molar-refractivity contribution is 0.405. The van der Waals surface area contributed by atoms with E-state index in [1.54, 1.807) is 11.3 Å². The van der Waals surface area contributed by atoms with Crippen molar-refractivity contribution in [2.45, 2.75) is 13.3 Å². The van der Waals surface area contributed by atoms with Gasteiger partial charge in [-0.1, -0.05) is 30.3 Å². The molecule has 0 unspecified atom stereocenters. The van der Waals surface area contributed by atoms with Crippen LogP contribution in [0.15, 0.2) is 30.3 Å². The third-order valence-electron chi connectivity index (χ3n) is 2.90. The molecular formula is C15H21N3S. The summed E-state index contributed by atoms with van der Waals surface area (Å²) < 4.78 is 0. The summed E-state index contributed by atoms with van der Waals surface area (Å²) >= 11 is 1.73. The molecule has 0 spiro atoms. The Labute approximate surface area is 119 Å². The van der Waals surface area contributed by atoms with Crippen molar-refractivity contribution in [3.8, 4) is 11.3 Å². The van der Waals surface area contributed by atoms with Crippen molar-refractivity contribution in [3.05, 3.63) is 35.2 Å². The average molecular weight is 275 g/mol. The molecule has 1 N–H and O–H groups in total. The second kappa shape index (κ2) is 6.68. The maximum Gasteiger partial charge on any atom is 0.183 e. The first-order valence-corrected chi connectivity index (χ1v) is 7.40. The summed E-state index contributed by atoms with van der Waals surface area (Å²) in [5.41, 5.74) is 2.29. The molecule has 2 aromatic rings. The minimum Gasteiger partial charge on any atom is -0.361 e. The number of nitrogens with zero attached hydrogens (tertiary/aromatic N) is 2. The van der Waals surface area contributed by atoms with Crippen molar-refractivity contribution in [1.29, 1.82) is 0 Å². The van der Waals surface area contributed by atoms with Crippen molar-refractivity contribution < 1.29 is 0 Å². The van der Waals surface area contributed by atoms with E-state index in [4.69, 9.17) is 4.98 Å². The number of benzene rings is 1. The zero-order chi connectivity index (χ0) is 13.7. The predicted molar refractivity (Wildman–Crippen MR) is 83.9 cm³/mol. The summed E-state index contributed by atoms with van der Waals surface area (Å²) in [5.74, 6) is 0. The Morgan fingerprint density at radius 2 is 1.95 bits per heavy atom. The fourth-order valence-corrected chi connectivity index (χ4v) is 2.79. The van der Waals surface area contributed by atoms with Gasteiger partial charge >= 0.3 is 0 Å². The van der Waals surface area contributed by atoms with E-state index in [2.05, 4.69) is 55.5 Å². The molecule has 0 bridgehead atoms. The summed E-state index contributed by atoms with van der Waals surface area (Å²) in [6.45, 7) is 4.20. The molecule has 0 fully saturated rings. The molecule has 0 aliphatic carbocycles. The van der Waals surface area contributed by atoms with Gasteiger partial charge in [0, 0.05) is 17.0 Å². The van der Waals surface area contributed by atoms with Crippen molar-refractivity contribution >= 4 is 16.5 Å². The maximum atomic E-state index is 4.69. The molecule has 0 aliphatic heterocycles. The Balaban J connectivity index is 1.97. The van der Waals surface area contributed by atoms with Gasteiger partial charge < -0.3 is 10.2 Å². The Bertz CT molecular complexity index is 505. The van der Waals surface area contributed by atoms with Crippen LogP contribution in [0.25, 0.3) is 11.3 Å². The highest BCUT2D eigenvalue weighted by molar-refractivity contribution is 7.16. The van der Waals surface area contributed by atoms with Gasteiger partial charge in [0.2, 0.25) is 0 Å². The summed E-state index contributed by atoms with van der Waals surface area (Å²) in [5, 5.41) is 4.43. The van der Waals surface area contributed by atoms with Gasteiger partial charge in [-0.25, -0.2) is 4.98 Å². The van der Waals surface area contributed by atoms with Crippen LogP contribution in [0, 0.1) is 6.92 Å². The van der Waals surface area contributed by atoms with E-state index in [1.807, 2.05) is 6.07 Å². The van der Waals surface area contributed by atoms with E-state index in [0.717, 1.165) is 30.3 Å². The van der Waals surface area contributed by atoms with Crippen molar-refractivity contribution in [2.24, 2.45) is 0 Å². The number of anilines is 1. The maximum absolute atomic E-state index is 4.69. The quantitative estimate of drug-likeness (QED) is 0.818. The summed E-state index contributed by atoms with van der Waals surface area (Å²) in [6.07, 6.45) is 1.13. The first-order valence-electron chi connectivity index (χ1n) is 6.58. The van der Waals surface area contributed by atoms with Crippen molar-refractivity contribution in [1.82, 2.24) is 9.88 Å². The van der Waals surface area contributed by atoms with Crippen LogP contribution in [-0.4, -0.2) is 37.1 Å². The van der Waals surface area contributed by atoms with Crippen LogP contribution in [0.2, 0.25) is 0 Å². The topological polar surface area (TPSA) is 28.2 Å². The van der Waals surface area contributed by atoms with Crippen LogP contribution >= 0.6 is 11.3 Å². The molecule has 1 aromatic heterocycles. The number of aryl methyl sites for hydroxylation is 1. The van der Waals surface area contributed by atoms with Crippen LogP contribution in [-0.2, 0) is 0 Å². The van der Waals surface area contributed by atoms with E-state index in [0.29, 0.717) is 0 Å². The Hall–Kier alpha value is -1.39. The lowest BCUT2D eigenvalue weighted by Crippen LogP contribution is -2.16. The molecule has 19 heavy (non-hydrogen) atoms. The fourth-order valence-electron chi connectivity index (χ4n) is 1.93. The summed E-state index contributed by atoms with van der Waals surface area (Å²) in [7, 11) is 4.20. The molecule has 0 amide bonds. The Morgan fingerprint density at radius 3 is 2.63 bits per heavy atom. The van der Waals surface area contributed by atoms with Crippen molar-refractivity contribution in [3.63, 3.8) is 0 Å². The monoisotopic (exact) mass is 275 g/mol. The van der Waals surface area contributed by atoms with E-state index < -0.39 is 0 Å². The van der Waals surface area contributed by atoms with Crippen LogP contribution in [0.1, 0.15) is 11.3 Å². The number of thiazole rings is 1. The SMILES string of the molecule is Cc1sc(NCCCN(C)C)nc1-c1ccccc1.